The molecule has 7 heteroatoms. The van der Waals surface area contributed by atoms with Crippen molar-refractivity contribution >= 4 is 34.8 Å². The van der Waals surface area contributed by atoms with Crippen LogP contribution < -0.4 is 10.2 Å². The van der Waals surface area contributed by atoms with Gasteiger partial charge in [-0.2, -0.15) is 11.8 Å². The quantitative estimate of drug-likeness (QED) is 0.387. The molecule has 0 saturated carbocycles. The number of ketones is 1. The Morgan fingerprint density at radius 2 is 1.69 bits per heavy atom. The summed E-state index contributed by atoms with van der Waals surface area (Å²) in [5.41, 5.74) is 3.99. The first-order valence-corrected chi connectivity index (χ1v) is 14.2. The number of carbonyl (C=O) groups excluding carboxylic acids is 2. The maximum atomic E-state index is 14.9. The van der Waals surface area contributed by atoms with Gasteiger partial charge in [-0.3, -0.25) is 14.5 Å². The lowest BCUT2D eigenvalue weighted by molar-refractivity contribution is 0.0850. The van der Waals surface area contributed by atoms with Crippen molar-refractivity contribution in [2.75, 3.05) is 23.0 Å². The summed E-state index contributed by atoms with van der Waals surface area (Å²) in [7, 11) is 0. The van der Waals surface area contributed by atoms with Gasteiger partial charge < -0.3 is 10.2 Å². The molecule has 5 nitrogen and oxygen atoms in total. The maximum Gasteiger partial charge on any atom is 0.262 e. The molecule has 6 rings (SSSR count). The van der Waals surface area contributed by atoms with Gasteiger partial charge in [-0.25, -0.2) is 4.39 Å². The van der Waals surface area contributed by atoms with Gasteiger partial charge in [-0.15, -0.1) is 0 Å². The van der Waals surface area contributed by atoms with Crippen molar-refractivity contribution in [3.8, 4) is 0 Å². The minimum atomic E-state index is -0.499. The van der Waals surface area contributed by atoms with Crippen LogP contribution in [-0.4, -0.2) is 40.7 Å². The molecule has 0 spiro atoms. The lowest BCUT2D eigenvalue weighted by Gasteiger charge is -2.42. The highest BCUT2D eigenvalue weighted by Crippen LogP contribution is 2.37. The molecular formula is C32H28FN3O2S. The maximum absolute atomic E-state index is 14.9. The summed E-state index contributed by atoms with van der Waals surface area (Å²) in [6, 6.07) is 22.0. The number of thioether (sulfide) groups is 1. The van der Waals surface area contributed by atoms with Gasteiger partial charge in [0.05, 0.1) is 17.6 Å². The van der Waals surface area contributed by atoms with Crippen LogP contribution in [0.5, 0.6) is 0 Å². The molecule has 0 aromatic heterocycles. The number of fused-ring (bicyclic) bond motifs is 3. The summed E-state index contributed by atoms with van der Waals surface area (Å²) >= 11 is 1.90. The van der Waals surface area contributed by atoms with Gasteiger partial charge in [0.15, 0.2) is 5.78 Å². The van der Waals surface area contributed by atoms with E-state index in [9.17, 15) is 14.0 Å². The summed E-state index contributed by atoms with van der Waals surface area (Å²) < 4.78 is 14.9. The van der Waals surface area contributed by atoms with Crippen LogP contribution in [0, 0.1) is 11.7 Å². The van der Waals surface area contributed by atoms with E-state index in [-0.39, 0.29) is 29.3 Å². The molecule has 2 atom stereocenters. The second kappa shape index (κ2) is 10.9. The molecule has 2 unspecified atom stereocenters. The van der Waals surface area contributed by atoms with E-state index >= 15 is 0 Å². The first-order chi connectivity index (χ1) is 19.1. The second-order valence-corrected chi connectivity index (χ2v) is 10.9. The van der Waals surface area contributed by atoms with E-state index in [4.69, 9.17) is 0 Å². The van der Waals surface area contributed by atoms with Gasteiger partial charge in [0.25, 0.3) is 5.91 Å². The van der Waals surface area contributed by atoms with Crippen LogP contribution in [0.25, 0.3) is 0 Å². The van der Waals surface area contributed by atoms with Crippen molar-refractivity contribution in [3.63, 3.8) is 0 Å². The fourth-order valence-electron chi connectivity index (χ4n) is 5.53. The van der Waals surface area contributed by atoms with Crippen molar-refractivity contribution in [1.82, 2.24) is 10.2 Å². The highest BCUT2D eigenvalue weighted by Gasteiger charge is 2.39. The Balaban J connectivity index is 1.32. The summed E-state index contributed by atoms with van der Waals surface area (Å²) in [6.45, 7) is 0.899. The fourth-order valence-corrected chi connectivity index (χ4v) is 6.46. The molecule has 1 aliphatic carbocycles. The SMILES string of the molecule is O=C(c1ccc(N(C(=O)c2ccccc2)c2ccccc2F)cc1)C1CC=CC2=CNC=C3CSCCN3C21. The summed E-state index contributed by atoms with van der Waals surface area (Å²) in [5, 5.41) is 3.30. The lowest BCUT2D eigenvalue weighted by atomic mass is 9.79. The first kappa shape index (κ1) is 25.2. The number of hydrogen-bond donors (Lipinski definition) is 1. The largest absolute Gasteiger partial charge is 0.366 e. The Bertz CT molecular complexity index is 1480. The molecule has 1 N–H and O–H groups in total. The summed E-state index contributed by atoms with van der Waals surface area (Å²) in [4.78, 5) is 31.2. The molecule has 3 aromatic rings. The molecule has 3 aliphatic rings. The Labute approximate surface area is 231 Å². The average molecular weight is 538 g/mol. The molecule has 3 aromatic carbocycles. The van der Waals surface area contributed by atoms with Gasteiger partial charge >= 0.3 is 0 Å². The number of halogens is 1. The molecule has 2 aliphatic heterocycles. The van der Waals surface area contributed by atoms with Crippen LogP contribution in [0.15, 0.2) is 115 Å². The molecule has 0 radical (unpaired) electrons. The number of amides is 1. The normalized spacial score (nSPS) is 20.0. The summed E-state index contributed by atoms with van der Waals surface area (Å²) in [6.07, 6.45) is 8.89. The highest BCUT2D eigenvalue weighted by atomic mass is 32.2. The van der Waals surface area contributed by atoms with Gasteiger partial charge in [0.1, 0.15) is 5.82 Å². The Morgan fingerprint density at radius 1 is 0.923 bits per heavy atom. The number of nitrogens with one attached hydrogen (secondary N) is 1. The number of para-hydroxylation sites is 1. The topological polar surface area (TPSA) is 52.7 Å². The van der Waals surface area contributed by atoms with Crippen molar-refractivity contribution in [3.05, 3.63) is 132 Å². The van der Waals surface area contributed by atoms with Crippen LogP contribution in [0.1, 0.15) is 27.1 Å². The second-order valence-electron chi connectivity index (χ2n) is 9.75. The number of hydrogen-bond acceptors (Lipinski definition) is 5. The fraction of sp³-hybridized carbons (Fsp3) is 0.188. The number of anilines is 2. The molecule has 1 amide bonds. The van der Waals surface area contributed by atoms with Crippen molar-refractivity contribution in [2.24, 2.45) is 5.92 Å². The zero-order valence-corrected chi connectivity index (χ0v) is 22.1. The zero-order valence-electron chi connectivity index (χ0n) is 21.3. The van der Waals surface area contributed by atoms with E-state index in [0.717, 1.165) is 23.6 Å². The van der Waals surface area contributed by atoms with E-state index in [1.165, 1.54) is 16.7 Å². The predicted octanol–water partition coefficient (Wildman–Crippen LogP) is 6.31. The number of benzene rings is 3. The summed E-state index contributed by atoms with van der Waals surface area (Å²) in [5.74, 6) is 0.939. The monoisotopic (exact) mass is 537 g/mol. The number of carbonyl (C=O) groups is 2. The predicted molar refractivity (Wildman–Crippen MR) is 154 cm³/mol. The molecule has 1 fully saturated rings. The van der Waals surface area contributed by atoms with Gasteiger partial charge in [-0.05, 0) is 60.5 Å². The van der Waals surface area contributed by atoms with E-state index in [1.54, 1.807) is 66.7 Å². The van der Waals surface area contributed by atoms with E-state index in [2.05, 4.69) is 22.4 Å². The Hall–Kier alpha value is -4.10. The minimum absolute atomic E-state index is 0.0288. The van der Waals surface area contributed by atoms with Crippen molar-refractivity contribution in [2.45, 2.75) is 12.5 Å². The van der Waals surface area contributed by atoms with Crippen molar-refractivity contribution in [1.29, 1.82) is 0 Å². The molecule has 1 saturated heterocycles. The van der Waals surface area contributed by atoms with E-state index in [1.807, 2.05) is 30.2 Å². The van der Waals surface area contributed by atoms with Crippen LogP contribution >= 0.6 is 11.8 Å². The van der Waals surface area contributed by atoms with Gasteiger partial charge in [0, 0.05) is 53.0 Å². The Kier molecular flexibility index (Phi) is 7.07. The smallest absolute Gasteiger partial charge is 0.262 e. The third-order valence-electron chi connectivity index (χ3n) is 7.42. The van der Waals surface area contributed by atoms with Crippen LogP contribution in [0.4, 0.5) is 15.8 Å². The van der Waals surface area contributed by atoms with Gasteiger partial charge in [-0.1, -0.05) is 42.5 Å². The first-order valence-electron chi connectivity index (χ1n) is 13.1. The molecule has 39 heavy (non-hydrogen) atoms. The van der Waals surface area contributed by atoms with Gasteiger partial charge in [0.2, 0.25) is 0 Å². The van der Waals surface area contributed by atoms with E-state index in [0.29, 0.717) is 23.2 Å². The lowest BCUT2D eigenvalue weighted by Crippen LogP contribution is -2.47. The van der Waals surface area contributed by atoms with Crippen molar-refractivity contribution < 1.29 is 14.0 Å². The average Bonchev–Trinajstić information content (AvgIpc) is 3.18. The number of Topliss-reactive ketones (excluding diaryl/α,β-unsaturated/α-hetero) is 1. The minimum Gasteiger partial charge on any atom is -0.366 e. The molecule has 2 heterocycles. The zero-order chi connectivity index (χ0) is 26.8. The van der Waals surface area contributed by atoms with Crippen LogP contribution in [0.2, 0.25) is 0 Å². The molecule has 0 bridgehead atoms. The molecule has 196 valence electrons. The standard InChI is InChI=1S/C32H28FN3O2S/c33-28-11-4-5-12-29(28)36(32(38)23-7-2-1-3-8-23)25-15-13-22(14-16-25)31(37)27-10-6-9-24-19-34-20-26-21-39-18-17-35(26)30(24)27/h1-9,11-16,19-20,27,30,34H,10,17-18,21H2. The van der Waals surface area contributed by atoms with E-state index < -0.39 is 5.82 Å². The number of rotatable bonds is 5. The number of nitrogens with zero attached hydrogens (tertiary/aromatic N) is 2. The third-order valence-corrected chi connectivity index (χ3v) is 8.39. The van der Waals surface area contributed by atoms with Crippen LogP contribution in [-0.2, 0) is 0 Å². The molecular weight excluding hydrogens is 509 g/mol. The number of allylic oxidation sites excluding steroid dienone is 1. The highest BCUT2D eigenvalue weighted by molar-refractivity contribution is 7.99. The Morgan fingerprint density at radius 3 is 2.49 bits per heavy atom. The van der Waals surface area contributed by atoms with Crippen LogP contribution in [0.3, 0.4) is 0 Å². The third kappa shape index (κ3) is 4.90.